The number of nitrogens with one attached hydrogen (secondary N) is 2. The number of aliphatic hydroxyl groups excluding tert-OH is 1. The first-order chi connectivity index (χ1) is 10.8. The standard InChI is InChI=1S/C14H19N7O/c15-13-10(9-22)7-18-14(20-13)19-12-2-1-11(8-17-12)21-5-3-16-4-6-21/h1-2,7-8,16,22H,3-6,9H2,(H3,15,17,18,19,20). The van der Waals surface area contributed by atoms with Crippen LogP contribution in [0.1, 0.15) is 5.56 Å². The molecule has 0 radical (unpaired) electrons. The molecule has 0 saturated carbocycles. The Bertz CT molecular complexity index is 626. The van der Waals surface area contributed by atoms with Crippen LogP contribution in [0.15, 0.2) is 24.5 Å². The van der Waals surface area contributed by atoms with E-state index in [1.165, 1.54) is 6.20 Å². The van der Waals surface area contributed by atoms with Crippen molar-refractivity contribution in [3.8, 4) is 0 Å². The summed E-state index contributed by atoms with van der Waals surface area (Å²) in [6.07, 6.45) is 3.33. The third kappa shape index (κ3) is 3.23. The summed E-state index contributed by atoms with van der Waals surface area (Å²) in [7, 11) is 0. The summed E-state index contributed by atoms with van der Waals surface area (Å²) >= 11 is 0. The van der Waals surface area contributed by atoms with Gasteiger partial charge in [-0.1, -0.05) is 0 Å². The number of anilines is 4. The number of nitrogens with two attached hydrogens (primary N) is 1. The van der Waals surface area contributed by atoms with Gasteiger partial charge < -0.3 is 26.4 Å². The average Bonchev–Trinajstić information content (AvgIpc) is 2.57. The monoisotopic (exact) mass is 301 g/mol. The highest BCUT2D eigenvalue weighted by molar-refractivity contribution is 5.55. The summed E-state index contributed by atoms with van der Waals surface area (Å²) in [6, 6.07) is 3.91. The summed E-state index contributed by atoms with van der Waals surface area (Å²) in [4.78, 5) is 14.9. The van der Waals surface area contributed by atoms with Gasteiger partial charge in [0, 0.05) is 37.9 Å². The molecule has 5 N–H and O–H groups in total. The van der Waals surface area contributed by atoms with Gasteiger partial charge in [0.05, 0.1) is 18.5 Å². The zero-order valence-corrected chi connectivity index (χ0v) is 12.2. The van der Waals surface area contributed by atoms with Gasteiger partial charge >= 0.3 is 0 Å². The molecule has 1 saturated heterocycles. The van der Waals surface area contributed by atoms with Crippen LogP contribution in [0.5, 0.6) is 0 Å². The van der Waals surface area contributed by atoms with Gasteiger partial charge in [0.15, 0.2) is 0 Å². The van der Waals surface area contributed by atoms with Crippen LogP contribution in [0, 0.1) is 0 Å². The third-order valence-corrected chi connectivity index (χ3v) is 3.54. The first-order valence-electron chi connectivity index (χ1n) is 7.17. The molecule has 8 nitrogen and oxygen atoms in total. The van der Waals surface area contributed by atoms with Crippen molar-refractivity contribution >= 4 is 23.3 Å². The average molecular weight is 301 g/mol. The van der Waals surface area contributed by atoms with Crippen LogP contribution < -0.4 is 21.3 Å². The van der Waals surface area contributed by atoms with Gasteiger partial charge in [-0.3, -0.25) is 0 Å². The van der Waals surface area contributed by atoms with E-state index in [4.69, 9.17) is 10.8 Å². The predicted molar refractivity (Wildman–Crippen MR) is 85.0 cm³/mol. The Balaban J connectivity index is 1.69. The summed E-state index contributed by atoms with van der Waals surface area (Å²) < 4.78 is 0. The van der Waals surface area contributed by atoms with Crippen LogP contribution in [-0.4, -0.2) is 46.2 Å². The molecule has 2 aromatic rings. The second kappa shape index (κ2) is 6.54. The Morgan fingerprint density at radius 2 is 2.05 bits per heavy atom. The minimum absolute atomic E-state index is 0.177. The Labute approximate surface area is 128 Å². The Morgan fingerprint density at radius 1 is 1.23 bits per heavy atom. The number of aromatic nitrogens is 3. The van der Waals surface area contributed by atoms with Crippen molar-refractivity contribution in [1.82, 2.24) is 20.3 Å². The van der Waals surface area contributed by atoms with E-state index in [0.29, 0.717) is 17.3 Å². The topological polar surface area (TPSA) is 112 Å². The van der Waals surface area contributed by atoms with E-state index in [9.17, 15) is 0 Å². The second-order valence-corrected chi connectivity index (χ2v) is 5.03. The Morgan fingerprint density at radius 3 is 2.68 bits per heavy atom. The minimum Gasteiger partial charge on any atom is -0.391 e. The Kier molecular flexibility index (Phi) is 4.31. The van der Waals surface area contributed by atoms with Gasteiger partial charge in [0.1, 0.15) is 11.6 Å². The summed E-state index contributed by atoms with van der Waals surface area (Å²) in [6.45, 7) is 3.77. The molecule has 8 heteroatoms. The summed E-state index contributed by atoms with van der Waals surface area (Å²) in [5.41, 5.74) is 7.33. The fourth-order valence-corrected chi connectivity index (χ4v) is 2.29. The fourth-order valence-electron chi connectivity index (χ4n) is 2.29. The molecule has 3 heterocycles. The maximum absolute atomic E-state index is 9.05. The van der Waals surface area contributed by atoms with Gasteiger partial charge in [-0.05, 0) is 12.1 Å². The molecular formula is C14H19N7O. The van der Waals surface area contributed by atoms with Crippen molar-refractivity contribution in [3.05, 3.63) is 30.1 Å². The van der Waals surface area contributed by atoms with Crippen LogP contribution in [0.3, 0.4) is 0 Å². The number of hydrogen-bond donors (Lipinski definition) is 4. The van der Waals surface area contributed by atoms with Gasteiger partial charge in [-0.2, -0.15) is 4.98 Å². The number of nitrogen functional groups attached to an aromatic ring is 1. The number of nitrogens with zero attached hydrogens (tertiary/aromatic N) is 4. The van der Waals surface area contributed by atoms with Crippen molar-refractivity contribution < 1.29 is 5.11 Å². The summed E-state index contributed by atoms with van der Waals surface area (Å²) in [5.74, 6) is 1.27. The molecular weight excluding hydrogens is 282 g/mol. The highest BCUT2D eigenvalue weighted by atomic mass is 16.3. The first-order valence-corrected chi connectivity index (χ1v) is 7.17. The second-order valence-electron chi connectivity index (χ2n) is 5.03. The van der Waals surface area contributed by atoms with E-state index in [1.54, 1.807) is 0 Å². The van der Waals surface area contributed by atoms with E-state index in [-0.39, 0.29) is 12.4 Å². The number of pyridine rings is 1. The van der Waals surface area contributed by atoms with Crippen molar-refractivity contribution in [2.75, 3.05) is 42.1 Å². The third-order valence-electron chi connectivity index (χ3n) is 3.54. The predicted octanol–water partition coefficient (Wildman–Crippen LogP) is 0.0993. The lowest BCUT2D eigenvalue weighted by molar-refractivity contribution is 0.281. The van der Waals surface area contributed by atoms with Gasteiger partial charge in [-0.15, -0.1) is 0 Å². The number of piperazine rings is 1. The van der Waals surface area contributed by atoms with Crippen molar-refractivity contribution in [3.63, 3.8) is 0 Å². The molecule has 0 bridgehead atoms. The highest BCUT2D eigenvalue weighted by Gasteiger charge is 2.11. The molecule has 116 valence electrons. The maximum atomic E-state index is 9.05. The Hall–Kier alpha value is -2.45. The molecule has 0 aromatic carbocycles. The lowest BCUT2D eigenvalue weighted by Gasteiger charge is -2.29. The first kappa shape index (κ1) is 14.5. The molecule has 2 aromatic heterocycles. The van der Waals surface area contributed by atoms with Crippen molar-refractivity contribution in [2.45, 2.75) is 6.61 Å². The molecule has 0 aliphatic carbocycles. The fraction of sp³-hybridized carbons (Fsp3) is 0.357. The zero-order valence-electron chi connectivity index (χ0n) is 12.2. The minimum atomic E-state index is -0.177. The molecule has 0 unspecified atom stereocenters. The van der Waals surface area contributed by atoms with E-state index in [1.807, 2.05) is 18.3 Å². The highest BCUT2D eigenvalue weighted by Crippen LogP contribution is 2.18. The SMILES string of the molecule is Nc1nc(Nc2ccc(N3CCNCC3)cn2)ncc1CO. The lowest BCUT2D eigenvalue weighted by Crippen LogP contribution is -2.43. The van der Waals surface area contributed by atoms with E-state index in [0.717, 1.165) is 31.9 Å². The maximum Gasteiger partial charge on any atom is 0.230 e. The smallest absolute Gasteiger partial charge is 0.230 e. The van der Waals surface area contributed by atoms with Gasteiger partial charge in [0.25, 0.3) is 0 Å². The normalized spacial score (nSPS) is 14.9. The molecule has 1 aliphatic rings. The quantitative estimate of drug-likeness (QED) is 0.629. The number of aliphatic hydroxyl groups is 1. The van der Waals surface area contributed by atoms with Crippen molar-refractivity contribution in [1.29, 1.82) is 0 Å². The molecule has 1 fully saturated rings. The van der Waals surface area contributed by atoms with Crippen LogP contribution in [0.25, 0.3) is 0 Å². The molecule has 1 aliphatic heterocycles. The van der Waals surface area contributed by atoms with Crippen LogP contribution in [0.4, 0.5) is 23.3 Å². The molecule has 22 heavy (non-hydrogen) atoms. The summed E-state index contributed by atoms with van der Waals surface area (Å²) in [5, 5.41) is 15.4. The van der Waals surface area contributed by atoms with E-state index in [2.05, 4.69) is 30.5 Å². The van der Waals surface area contributed by atoms with Crippen LogP contribution >= 0.6 is 0 Å². The van der Waals surface area contributed by atoms with Gasteiger partial charge in [0.2, 0.25) is 5.95 Å². The van der Waals surface area contributed by atoms with Crippen LogP contribution in [0.2, 0.25) is 0 Å². The van der Waals surface area contributed by atoms with E-state index < -0.39 is 0 Å². The van der Waals surface area contributed by atoms with Crippen molar-refractivity contribution in [2.24, 2.45) is 0 Å². The number of hydrogen-bond acceptors (Lipinski definition) is 8. The molecule has 3 rings (SSSR count). The molecule has 0 atom stereocenters. The zero-order chi connectivity index (χ0) is 15.4. The lowest BCUT2D eigenvalue weighted by atomic mass is 10.3. The largest absolute Gasteiger partial charge is 0.391 e. The van der Waals surface area contributed by atoms with E-state index >= 15 is 0 Å². The molecule has 0 amide bonds. The van der Waals surface area contributed by atoms with Crippen LogP contribution in [-0.2, 0) is 6.61 Å². The number of rotatable bonds is 4. The molecule has 0 spiro atoms. The van der Waals surface area contributed by atoms with Gasteiger partial charge in [-0.25, -0.2) is 9.97 Å².